The molecule has 1 saturated heterocycles. The average molecular weight is 646 g/mol. The molecule has 3 rings (SSSR count). The zero-order valence-corrected chi connectivity index (χ0v) is 30.2. The molecule has 0 radical (unpaired) electrons. The highest BCUT2D eigenvalue weighted by molar-refractivity contribution is 6.33. The van der Waals surface area contributed by atoms with Crippen LogP contribution < -0.4 is 5.32 Å². The van der Waals surface area contributed by atoms with Gasteiger partial charge in [-0.25, -0.2) is 0 Å². The van der Waals surface area contributed by atoms with Crippen LogP contribution in [0.25, 0.3) is 0 Å². The first-order valence-electron chi connectivity index (χ1n) is 17.0. The van der Waals surface area contributed by atoms with Gasteiger partial charge in [0.2, 0.25) is 0 Å². The summed E-state index contributed by atoms with van der Waals surface area (Å²) in [5.41, 5.74) is 5.60. The first-order chi connectivity index (χ1) is 20.8. The van der Waals surface area contributed by atoms with E-state index in [1.807, 2.05) is 27.7 Å². The normalized spacial score (nSPS) is 19.8. The molecule has 1 aliphatic carbocycles. The number of hydrogen-bond donors (Lipinski definition) is 1. The number of anilines is 1. The van der Waals surface area contributed by atoms with E-state index in [9.17, 15) is 13.2 Å². The van der Waals surface area contributed by atoms with E-state index in [-0.39, 0.29) is 12.3 Å². The Labute approximate surface area is 273 Å². The van der Waals surface area contributed by atoms with Crippen molar-refractivity contribution >= 4 is 17.3 Å². The van der Waals surface area contributed by atoms with Gasteiger partial charge in [0.25, 0.3) is 0 Å². The molecule has 1 atom stereocenters. The van der Waals surface area contributed by atoms with Crippen LogP contribution in [-0.4, -0.2) is 31.7 Å². The summed E-state index contributed by atoms with van der Waals surface area (Å²) in [5, 5.41) is 4.61. The lowest BCUT2D eigenvalue weighted by Crippen LogP contribution is -2.34. The van der Waals surface area contributed by atoms with Crippen molar-refractivity contribution in [1.82, 2.24) is 0 Å². The van der Waals surface area contributed by atoms with E-state index < -0.39 is 12.0 Å². The summed E-state index contributed by atoms with van der Waals surface area (Å²) < 4.78 is 43.5. The molecule has 0 bridgehead atoms. The Bertz CT molecular complexity index is 955. The fourth-order valence-electron chi connectivity index (χ4n) is 5.23. The number of nitrogens with one attached hydrogen (secondary N) is 1. The van der Waals surface area contributed by atoms with Crippen LogP contribution >= 0.6 is 11.6 Å². The van der Waals surface area contributed by atoms with E-state index in [1.165, 1.54) is 29.5 Å². The van der Waals surface area contributed by atoms with Crippen LogP contribution in [0.2, 0.25) is 5.02 Å². The van der Waals surface area contributed by atoms with E-state index in [2.05, 4.69) is 70.3 Å². The van der Waals surface area contributed by atoms with Crippen molar-refractivity contribution in [3.63, 3.8) is 0 Å². The highest BCUT2D eigenvalue weighted by Gasteiger charge is 2.40. The second-order valence-corrected chi connectivity index (χ2v) is 12.7. The Morgan fingerprint density at radius 3 is 2.11 bits per heavy atom. The summed E-state index contributed by atoms with van der Waals surface area (Å²) in [6.45, 7) is 21.9. The fraction of sp³-hybridized carbons (Fsp3) is 0.730. The van der Waals surface area contributed by atoms with Crippen LogP contribution in [0.15, 0.2) is 35.9 Å². The van der Waals surface area contributed by atoms with Gasteiger partial charge in [-0.15, -0.1) is 0 Å². The van der Waals surface area contributed by atoms with E-state index in [0.717, 1.165) is 68.6 Å². The van der Waals surface area contributed by atoms with Crippen molar-refractivity contribution < 1.29 is 22.6 Å². The van der Waals surface area contributed by atoms with Crippen molar-refractivity contribution in [2.75, 3.05) is 25.1 Å². The molecule has 0 spiro atoms. The zero-order valence-electron chi connectivity index (χ0n) is 29.5. The summed E-state index contributed by atoms with van der Waals surface area (Å²) in [5.74, 6) is -0.0434. The average Bonchev–Trinajstić information content (AvgIpc) is 3.43. The van der Waals surface area contributed by atoms with E-state index >= 15 is 0 Å². The first kappa shape index (κ1) is 42.5. The molecular weight excluding hydrogens is 583 g/mol. The second kappa shape index (κ2) is 22.1. The highest BCUT2D eigenvalue weighted by atomic mass is 35.5. The lowest BCUT2D eigenvalue weighted by molar-refractivity contribution is -0.136. The SMILES string of the molecule is CC.CC.CC(F)(F)F.CCCCc1ccc(Cl)c(NCC2/C=C\C/C(C3(CCC(C)(C)C)OCCO3)=C\CC2)c1CCC. The molecular formula is C37H63ClF3NO2. The van der Waals surface area contributed by atoms with Crippen molar-refractivity contribution in [3.05, 3.63) is 52.1 Å². The molecule has 1 aromatic carbocycles. The van der Waals surface area contributed by atoms with Gasteiger partial charge in [-0.2, -0.15) is 13.2 Å². The highest BCUT2D eigenvalue weighted by Crippen LogP contribution is 2.39. The van der Waals surface area contributed by atoms with Gasteiger partial charge in [0.15, 0.2) is 5.79 Å². The molecule has 3 nitrogen and oxygen atoms in total. The second-order valence-electron chi connectivity index (χ2n) is 12.3. The quantitative estimate of drug-likeness (QED) is 0.243. The molecule has 0 amide bonds. The molecule has 1 fully saturated rings. The first-order valence-corrected chi connectivity index (χ1v) is 17.4. The zero-order chi connectivity index (χ0) is 33.8. The molecule has 1 aliphatic heterocycles. The maximum Gasteiger partial charge on any atom is 0.386 e. The maximum absolute atomic E-state index is 10.4. The molecule has 44 heavy (non-hydrogen) atoms. The van der Waals surface area contributed by atoms with Gasteiger partial charge in [0.1, 0.15) is 0 Å². The molecule has 1 unspecified atom stereocenters. The van der Waals surface area contributed by atoms with Gasteiger partial charge in [-0.3, -0.25) is 0 Å². The van der Waals surface area contributed by atoms with Crippen LogP contribution in [0.4, 0.5) is 18.9 Å². The molecule has 0 saturated carbocycles. The number of aryl methyl sites for hydroxylation is 1. The summed E-state index contributed by atoms with van der Waals surface area (Å²) in [6, 6.07) is 4.31. The predicted octanol–water partition coefficient (Wildman–Crippen LogP) is 12.5. The Morgan fingerprint density at radius 2 is 1.57 bits per heavy atom. The van der Waals surface area contributed by atoms with Gasteiger partial charge in [0, 0.05) is 19.9 Å². The third-order valence-electron chi connectivity index (χ3n) is 7.32. The van der Waals surface area contributed by atoms with Crippen LogP contribution in [0.1, 0.15) is 132 Å². The number of rotatable bonds is 11. The largest absolute Gasteiger partial charge is 0.386 e. The lowest BCUT2D eigenvalue weighted by atomic mass is 9.84. The Kier molecular flexibility index (Phi) is 21.3. The van der Waals surface area contributed by atoms with Gasteiger partial charge >= 0.3 is 6.18 Å². The molecule has 1 heterocycles. The number of alkyl halides is 3. The minimum absolute atomic E-state index is 0.188. The number of ether oxygens (including phenoxy) is 2. The molecule has 0 aromatic heterocycles. The number of hydrogen-bond acceptors (Lipinski definition) is 3. The van der Waals surface area contributed by atoms with Crippen LogP contribution in [0, 0.1) is 11.3 Å². The van der Waals surface area contributed by atoms with Gasteiger partial charge in [-0.1, -0.05) is 111 Å². The molecule has 1 N–H and O–H groups in total. The maximum atomic E-state index is 10.4. The van der Waals surface area contributed by atoms with Crippen molar-refractivity contribution in [2.45, 2.75) is 145 Å². The van der Waals surface area contributed by atoms with Crippen molar-refractivity contribution in [2.24, 2.45) is 11.3 Å². The van der Waals surface area contributed by atoms with Gasteiger partial charge < -0.3 is 14.8 Å². The summed E-state index contributed by atoms with van der Waals surface area (Å²) in [7, 11) is 0. The van der Waals surface area contributed by atoms with Crippen molar-refractivity contribution in [1.29, 1.82) is 0 Å². The molecule has 1 aromatic rings. The Balaban J connectivity index is 0.00000183. The minimum Gasteiger partial charge on any atom is -0.383 e. The van der Waals surface area contributed by atoms with Gasteiger partial charge in [0.05, 0.1) is 23.9 Å². The van der Waals surface area contributed by atoms with E-state index in [0.29, 0.717) is 19.1 Å². The predicted molar refractivity (Wildman–Crippen MR) is 185 cm³/mol. The molecule has 7 heteroatoms. The standard InChI is InChI=1S/C31H48ClNO2.C2H3F3.2C2H6/c1-6-8-14-25-17-18-28(32)29(27(25)11-7-2)33-23-24-12-9-15-26(16-10-13-24)31(34-21-22-35-31)20-19-30(3,4)5;1-2(3,4)5;2*1-2/h9,12,16-18,24,33H,6-8,10-11,13-15,19-23H2,1-5H3;1H3;2*1-2H3/b12-9-,26-16+;;;. The summed E-state index contributed by atoms with van der Waals surface area (Å²) >= 11 is 6.70. The van der Waals surface area contributed by atoms with Crippen LogP contribution in [0.3, 0.4) is 0 Å². The number of unbranched alkanes of at least 4 members (excludes halogenated alkanes) is 1. The monoisotopic (exact) mass is 645 g/mol. The van der Waals surface area contributed by atoms with Gasteiger partial charge in [-0.05, 0) is 79.0 Å². The third kappa shape index (κ3) is 16.7. The smallest absolute Gasteiger partial charge is 0.383 e. The number of benzene rings is 1. The van der Waals surface area contributed by atoms with E-state index in [4.69, 9.17) is 21.1 Å². The van der Waals surface area contributed by atoms with Crippen molar-refractivity contribution in [3.8, 4) is 0 Å². The van der Waals surface area contributed by atoms with E-state index in [1.54, 1.807) is 0 Å². The van der Waals surface area contributed by atoms with Crippen LogP contribution in [-0.2, 0) is 22.3 Å². The van der Waals surface area contributed by atoms with Crippen LogP contribution in [0.5, 0.6) is 0 Å². The number of halogens is 4. The Morgan fingerprint density at radius 1 is 0.955 bits per heavy atom. The minimum atomic E-state index is -4.00. The Hall–Kier alpha value is -1.50. The summed E-state index contributed by atoms with van der Waals surface area (Å²) in [4.78, 5) is 0. The summed E-state index contributed by atoms with van der Waals surface area (Å²) in [6.07, 6.45) is 13.9. The molecule has 2 aliphatic rings. The fourth-order valence-corrected chi connectivity index (χ4v) is 5.47. The lowest BCUT2D eigenvalue weighted by Gasteiger charge is -2.33. The molecule has 256 valence electrons. The topological polar surface area (TPSA) is 30.5 Å². The third-order valence-corrected chi connectivity index (χ3v) is 7.64. The number of allylic oxidation sites excluding steroid dienone is 2.